The van der Waals surface area contributed by atoms with Crippen molar-refractivity contribution in [3.05, 3.63) is 16.6 Å². The molecule has 7 nitrogen and oxygen atoms in total. The minimum atomic E-state index is -3.59. The fourth-order valence-corrected chi connectivity index (χ4v) is 4.04. The highest BCUT2D eigenvalue weighted by Crippen LogP contribution is 2.36. The Balaban J connectivity index is 2.01. The Labute approximate surface area is 147 Å². The van der Waals surface area contributed by atoms with E-state index < -0.39 is 21.8 Å². The van der Waals surface area contributed by atoms with Gasteiger partial charge in [0.05, 0.1) is 6.26 Å². The van der Waals surface area contributed by atoms with Crippen LogP contribution in [0.25, 0.3) is 0 Å². The lowest BCUT2D eigenvalue weighted by molar-refractivity contribution is 0.0111. The first-order valence-corrected chi connectivity index (χ1v) is 10.5. The largest absolute Gasteiger partial charge is 0.444 e. The summed E-state index contributed by atoms with van der Waals surface area (Å²) in [6.45, 7) is 6.51. The summed E-state index contributed by atoms with van der Waals surface area (Å²) in [7, 11) is -3.59. The van der Waals surface area contributed by atoms with Gasteiger partial charge in [-0.3, -0.25) is 4.18 Å². The third-order valence-electron chi connectivity index (χ3n) is 3.59. The molecule has 0 radical (unpaired) electrons. The quantitative estimate of drug-likeness (QED) is 0.751. The van der Waals surface area contributed by atoms with E-state index in [9.17, 15) is 13.2 Å². The molecular weight excluding hydrogens is 352 g/mol. The number of nitrogens with zero attached hydrogens (tertiary/aromatic N) is 2. The van der Waals surface area contributed by atoms with E-state index in [2.05, 4.69) is 4.98 Å². The molecule has 24 heavy (non-hydrogen) atoms. The van der Waals surface area contributed by atoms with Crippen LogP contribution in [0.4, 0.5) is 4.79 Å². The van der Waals surface area contributed by atoms with Crippen LogP contribution in [0.2, 0.25) is 0 Å². The van der Waals surface area contributed by atoms with Crippen LogP contribution in [-0.2, 0) is 19.0 Å². The second-order valence-corrected chi connectivity index (χ2v) is 9.42. The molecule has 1 unspecified atom stereocenters. The zero-order valence-electron chi connectivity index (χ0n) is 14.4. The number of thiazole rings is 1. The summed E-state index contributed by atoms with van der Waals surface area (Å²) >= 11 is 1.37. The molecule has 0 saturated carbocycles. The maximum Gasteiger partial charge on any atom is 0.410 e. The van der Waals surface area contributed by atoms with Crippen molar-refractivity contribution in [3.8, 4) is 0 Å². The van der Waals surface area contributed by atoms with Crippen molar-refractivity contribution >= 4 is 27.5 Å². The maximum absolute atomic E-state index is 12.1. The predicted octanol–water partition coefficient (Wildman–Crippen LogP) is 2.81. The minimum Gasteiger partial charge on any atom is -0.444 e. The summed E-state index contributed by atoms with van der Waals surface area (Å²) in [6, 6.07) is 0. The monoisotopic (exact) mass is 376 g/mol. The minimum absolute atomic E-state index is 0.00967. The number of piperidine rings is 1. The molecule has 0 aromatic carbocycles. The first-order valence-electron chi connectivity index (χ1n) is 7.81. The summed E-state index contributed by atoms with van der Waals surface area (Å²) in [5, 5.41) is 2.44. The van der Waals surface area contributed by atoms with Gasteiger partial charge in [0.1, 0.15) is 16.7 Å². The fraction of sp³-hybridized carbons (Fsp3) is 0.733. The van der Waals surface area contributed by atoms with Gasteiger partial charge in [0.15, 0.2) is 0 Å². The highest BCUT2D eigenvalue weighted by Gasteiger charge is 2.34. The Bertz CT molecular complexity index is 644. The number of carbonyl (C=O) groups is 1. The molecule has 1 aromatic rings. The molecular formula is C15H24N2O5S2. The van der Waals surface area contributed by atoms with Gasteiger partial charge >= 0.3 is 6.09 Å². The smallest absolute Gasteiger partial charge is 0.410 e. The number of amides is 1. The van der Waals surface area contributed by atoms with Crippen molar-refractivity contribution in [2.45, 2.75) is 45.3 Å². The number of carbonyl (C=O) groups excluding carboxylic acids is 1. The average molecular weight is 377 g/mol. The number of likely N-dealkylation sites (tertiary alicyclic amines) is 1. The Kier molecular flexibility index (Phi) is 5.87. The molecule has 136 valence electrons. The molecule has 0 bridgehead atoms. The molecule has 0 spiro atoms. The summed E-state index contributed by atoms with van der Waals surface area (Å²) < 4.78 is 33.8. The molecule has 1 aliphatic rings. The zero-order chi connectivity index (χ0) is 18.0. The summed E-state index contributed by atoms with van der Waals surface area (Å²) in [6.07, 6.45) is 3.02. The summed E-state index contributed by atoms with van der Waals surface area (Å²) in [5.41, 5.74) is -0.531. The van der Waals surface area contributed by atoms with Gasteiger partial charge in [-0.2, -0.15) is 8.42 Å². The average Bonchev–Trinajstić information content (AvgIpc) is 2.96. The lowest BCUT2D eigenvalue weighted by Crippen LogP contribution is -2.42. The highest BCUT2D eigenvalue weighted by atomic mass is 32.2. The molecule has 0 N–H and O–H groups in total. The van der Waals surface area contributed by atoms with Crippen LogP contribution in [-0.4, -0.2) is 49.3 Å². The fourth-order valence-electron chi connectivity index (χ4n) is 2.60. The van der Waals surface area contributed by atoms with Gasteiger partial charge in [0, 0.05) is 24.7 Å². The number of hydrogen-bond acceptors (Lipinski definition) is 7. The first-order chi connectivity index (χ1) is 11.1. The van der Waals surface area contributed by atoms with E-state index in [1.807, 2.05) is 20.8 Å². The van der Waals surface area contributed by atoms with Gasteiger partial charge in [-0.1, -0.05) is 0 Å². The third kappa shape index (κ3) is 5.71. The molecule has 1 amide bonds. The Morgan fingerprint density at radius 2 is 2.00 bits per heavy atom. The van der Waals surface area contributed by atoms with Crippen LogP contribution < -0.4 is 0 Å². The van der Waals surface area contributed by atoms with E-state index >= 15 is 0 Å². The van der Waals surface area contributed by atoms with E-state index in [0.717, 1.165) is 6.26 Å². The van der Waals surface area contributed by atoms with Crippen molar-refractivity contribution in [2.75, 3.05) is 19.3 Å². The molecule has 1 atom stereocenters. The highest BCUT2D eigenvalue weighted by molar-refractivity contribution is 7.86. The molecule has 2 heterocycles. The van der Waals surface area contributed by atoms with Crippen LogP contribution in [0.3, 0.4) is 0 Å². The van der Waals surface area contributed by atoms with Gasteiger partial charge in [0.2, 0.25) is 0 Å². The van der Waals surface area contributed by atoms with Crippen LogP contribution in [0.15, 0.2) is 11.6 Å². The van der Waals surface area contributed by atoms with E-state index in [1.165, 1.54) is 11.3 Å². The van der Waals surface area contributed by atoms with Crippen molar-refractivity contribution in [1.29, 1.82) is 0 Å². The van der Waals surface area contributed by atoms with Gasteiger partial charge in [0.25, 0.3) is 10.1 Å². The van der Waals surface area contributed by atoms with Crippen LogP contribution in [0.5, 0.6) is 0 Å². The SMILES string of the molecule is CC(C)(C)OC(=O)N1CCC(C(OS(C)(=O)=O)c2nccs2)CC1. The molecule has 0 aliphatic carbocycles. The molecule has 2 rings (SSSR count). The number of rotatable bonds is 4. The van der Waals surface area contributed by atoms with Crippen LogP contribution in [0, 0.1) is 5.92 Å². The summed E-state index contributed by atoms with van der Waals surface area (Å²) in [4.78, 5) is 18.0. The molecule has 9 heteroatoms. The van der Waals surface area contributed by atoms with Gasteiger partial charge in [-0.15, -0.1) is 11.3 Å². The van der Waals surface area contributed by atoms with Gasteiger partial charge < -0.3 is 9.64 Å². The summed E-state index contributed by atoms with van der Waals surface area (Å²) in [5.74, 6) is -0.00967. The van der Waals surface area contributed by atoms with Gasteiger partial charge in [-0.25, -0.2) is 9.78 Å². The van der Waals surface area contributed by atoms with E-state index in [0.29, 0.717) is 30.9 Å². The zero-order valence-corrected chi connectivity index (χ0v) is 16.0. The van der Waals surface area contributed by atoms with Gasteiger partial charge in [-0.05, 0) is 39.5 Å². The van der Waals surface area contributed by atoms with Crippen molar-refractivity contribution < 1.29 is 22.1 Å². The predicted molar refractivity (Wildman–Crippen MR) is 91.3 cm³/mol. The lowest BCUT2D eigenvalue weighted by atomic mass is 9.91. The molecule has 1 saturated heterocycles. The molecule has 1 aromatic heterocycles. The second kappa shape index (κ2) is 7.37. The third-order valence-corrected chi connectivity index (χ3v) is 4.99. The van der Waals surface area contributed by atoms with Crippen LogP contribution >= 0.6 is 11.3 Å². The normalized spacial score (nSPS) is 18.4. The maximum atomic E-state index is 12.1. The van der Waals surface area contributed by atoms with Crippen molar-refractivity contribution in [2.24, 2.45) is 5.92 Å². The standard InChI is InChI=1S/C15H24N2O5S2/c1-15(2,3)21-14(18)17-8-5-11(6-9-17)12(22-24(4,19)20)13-16-7-10-23-13/h7,10-12H,5-6,8-9H2,1-4H3. The number of ether oxygens (including phenoxy) is 1. The van der Waals surface area contributed by atoms with E-state index in [-0.39, 0.29) is 12.0 Å². The lowest BCUT2D eigenvalue weighted by Gasteiger charge is -2.35. The topological polar surface area (TPSA) is 85.8 Å². The number of aromatic nitrogens is 1. The van der Waals surface area contributed by atoms with E-state index in [4.69, 9.17) is 8.92 Å². The Morgan fingerprint density at radius 3 is 2.46 bits per heavy atom. The van der Waals surface area contributed by atoms with Crippen LogP contribution in [0.1, 0.15) is 44.7 Å². The van der Waals surface area contributed by atoms with E-state index in [1.54, 1.807) is 16.5 Å². The second-order valence-electron chi connectivity index (χ2n) is 6.90. The Morgan fingerprint density at radius 1 is 1.38 bits per heavy atom. The number of hydrogen-bond donors (Lipinski definition) is 0. The first kappa shape index (κ1) is 19.1. The Hall–Kier alpha value is -1.19. The van der Waals surface area contributed by atoms with Crippen molar-refractivity contribution in [3.63, 3.8) is 0 Å². The van der Waals surface area contributed by atoms with Crippen molar-refractivity contribution in [1.82, 2.24) is 9.88 Å². The molecule has 1 fully saturated rings. The molecule has 1 aliphatic heterocycles.